The molecular formula is C11H12BrN5O. The molecule has 94 valence electrons. The monoisotopic (exact) mass is 309 g/mol. The SMILES string of the molecule is Cc1nc(NC(=O)c2c(N)cnn2C)ccc1Br. The number of nitrogens with zero attached hydrogens (tertiary/aromatic N) is 3. The average molecular weight is 310 g/mol. The van der Waals surface area contributed by atoms with Crippen LogP contribution in [0.2, 0.25) is 0 Å². The van der Waals surface area contributed by atoms with Gasteiger partial charge < -0.3 is 11.1 Å². The van der Waals surface area contributed by atoms with Gasteiger partial charge in [-0.15, -0.1) is 0 Å². The molecular weight excluding hydrogens is 298 g/mol. The normalized spacial score (nSPS) is 10.4. The van der Waals surface area contributed by atoms with Crippen LogP contribution in [0.1, 0.15) is 16.2 Å². The number of nitrogens with two attached hydrogens (primary N) is 1. The third kappa shape index (κ3) is 2.35. The summed E-state index contributed by atoms with van der Waals surface area (Å²) < 4.78 is 2.32. The maximum atomic E-state index is 12.0. The number of nitrogens with one attached hydrogen (secondary N) is 1. The third-order valence-corrected chi connectivity index (χ3v) is 3.28. The molecule has 2 aromatic heterocycles. The predicted octanol–water partition coefficient (Wildman–Crippen LogP) is 1.72. The van der Waals surface area contributed by atoms with Crippen molar-refractivity contribution in [3.8, 4) is 0 Å². The third-order valence-electron chi connectivity index (χ3n) is 2.45. The molecule has 2 aromatic rings. The summed E-state index contributed by atoms with van der Waals surface area (Å²) in [6.45, 7) is 1.85. The molecule has 0 aliphatic rings. The van der Waals surface area contributed by atoms with Crippen molar-refractivity contribution in [3.05, 3.63) is 34.2 Å². The van der Waals surface area contributed by atoms with Crippen LogP contribution in [0.15, 0.2) is 22.8 Å². The molecule has 0 bridgehead atoms. The van der Waals surface area contributed by atoms with E-state index in [0.717, 1.165) is 10.2 Å². The molecule has 0 saturated heterocycles. The van der Waals surface area contributed by atoms with Gasteiger partial charge in [-0.3, -0.25) is 9.48 Å². The van der Waals surface area contributed by atoms with E-state index in [1.165, 1.54) is 10.9 Å². The number of aryl methyl sites for hydroxylation is 2. The van der Waals surface area contributed by atoms with Gasteiger partial charge in [0.2, 0.25) is 0 Å². The summed E-state index contributed by atoms with van der Waals surface area (Å²) in [5, 5.41) is 6.60. The fraction of sp³-hybridized carbons (Fsp3) is 0.182. The number of carbonyl (C=O) groups excluding carboxylic acids is 1. The highest BCUT2D eigenvalue weighted by atomic mass is 79.9. The zero-order valence-corrected chi connectivity index (χ0v) is 11.5. The number of carbonyl (C=O) groups is 1. The van der Waals surface area contributed by atoms with E-state index in [1.807, 2.05) is 13.0 Å². The van der Waals surface area contributed by atoms with Crippen molar-refractivity contribution >= 4 is 33.3 Å². The Balaban J connectivity index is 2.24. The fourth-order valence-corrected chi connectivity index (χ4v) is 1.74. The van der Waals surface area contributed by atoms with Gasteiger partial charge in [-0.1, -0.05) is 0 Å². The Bertz CT molecular complexity index is 588. The van der Waals surface area contributed by atoms with Crippen molar-refractivity contribution < 1.29 is 4.79 Å². The summed E-state index contributed by atoms with van der Waals surface area (Å²) in [6.07, 6.45) is 1.44. The van der Waals surface area contributed by atoms with E-state index in [4.69, 9.17) is 5.73 Å². The van der Waals surface area contributed by atoms with Crippen LogP contribution in [0.4, 0.5) is 11.5 Å². The van der Waals surface area contributed by atoms with Gasteiger partial charge in [-0.25, -0.2) is 4.98 Å². The maximum Gasteiger partial charge on any atom is 0.277 e. The second-order valence-corrected chi connectivity index (χ2v) is 4.64. The van der Waals surface area contributed by atoms with E-state index < -0.39 is 0 Å². The molecule has 0 radical (unpaired) electrons. The first-order valence-electron chi connectivity index (χ1n) is 5.21. The van der Waals surface area contributed by atoms with Crippen molar-refractivity contribution in [2.45, 2.75) is 6.92 Å². The first kappa shape index (κ1) is 12.6. The number of rotatable bonds is 2. The highest BCUT2D eigenvalue weighted by Gasteiger charge is 2.15. The second kappa shape index (κ2) is 4.77. The van der Waals surface area contributed by atoms with Crippen molar-refractivity contribution in [2.24, 2.45) is 7.05 Å². The smallest absolute Gasteiger partial charge is 0.277 e. The van der Waals surface area contributed by atoms with E-state index in [-0.39, 0.29) is 5.91 Å². The molecule has 0 unspecified atom stereocenters. The Morgan fingerprint density at radius 1 is 1.50 bits per heavy atom. The molecule has 7 heteroatoms. The molecule has 3 N–H and O–H groups in total. The Labute approximate surface area is 112 Å². The van der Waals surface area contributed by atoms with Crippen LogP contribution < -0.4 is 11.1 Å². The van der Waals surface area contributed by atoms with Gasteiger partial charge in [0.1, 0.15) is 11.5 Å². The van der Waals surface area contributed by atoms with E-state index in [1.54, 1.807) is 13.1 Å². The lowest BCUT2D eigenvalue weighted by molar-refractivity contribution is 0.101. The zero-order valence-electron chi connectivity index (χ0n) is 9.94. The number of anilines is 2. The van der Waals surface area contributed by atoms with Crippen LogP contribution in [-0.2, 0) is 7.05 Å². The van der Waals surface area contributed by atoms with Gasteiger partial charge in [0.15, 0.2) is 0 Å². The summed E-state index contributed by atoms with van der Waals surface area (Å²) in [5.41, 5.74) is 7.13. The molecule has 0 fully saturated rings. The van der Waals surface area contributed by atoms with Crippen LogP contribution in [0, 0.1) is 6.92 Å². The van der Waals surface area contributed by atoms with E-state index in [2.05, 4.69) is 31.3 Å². The summed E-state index contributed by atoms with van der Waals surface area (Å²) in [4.78, 5) is 16.2. The molecule has 0 aromatic carbocycles. The maximum absolute atomic E-state index is 12.0. The van der Waals surface area contributed by atoms with Crippen LogP contribution >= 0.6 is 15.9 Å². The van der Waals surface area contributed by atoms with Gasteiger partial charge in [0.25, 0.3) is 5.91 Å². The fourth-order valence-electron chi connectivity index (χ4n) is 1.52. The van der Waals surface area contributed by atoms with Gasteiger partial charge in [0.05, 0.1) is 17.6 Å². The second-order valence-electron chi connectivity index (χ2n) is 3.79. The molecule has 0 aliphatic heterocycles. The molecule has 0 atom stereocenters. The Hall–Kier alpha value is -1.89. The molecule has 2 heterocycles. The molecule has 2 rings (SSSR count). The lowest BCUT2D eigenvalue weighted by atomic mass is 10.3. The number of halogens is 1. The number of nitrogen functional groups attached to an aromatic ring is 1. The lowest BCUT2D eigenvalue weighted by Gasteiger charge is -2.07. The van der Waals surface area contributed by atoms with E-state index in [9.17, 15) is 4.79 Å². The first-order chi connectivity index (χ1) is 8.49. The Morgan fingerprint density at radius 3 is 2.78 bits per heavy atom. The highest BCUT2D eigenvalue weighted by Crippen LogP contribution is 2.17. The number of pyridine rings is 1. The van der Waals surface area contributed by atoms with Crippen molar-refractivity contribution in [1.29, 1.82) is 0 Å². The largest absolute Gasteiger partial charge is 0.396 e. The predicted molar refractivity (Wildman–Crippen MR) is 72.2 cm³/mol. The van der Waals surface area contributed by atoms with Gasteiger partial charge >= 0.3 is 0 Å². The first-order valence-corrected chi connectivity index (χ1v) is 6.00. The minimum atomic E-state index is -0.332. The van der Waals surface area contributed by atoms with Crippen molar-refractivity contribution in [2.75, 3.05) is 11.1 Å². The van der Waals surface area contributed by atoms with E-state index in [0.29, 0.717) is 17.2 Å². The topological polar surface area (TPSA) is 85.8 Å². The van der Waals surface area contributed by atoms with Crippen LogP contribution in [0.3, 0.4) is 0 Å². The zero-order chi connectivity index (χ0) is 13.3. The quantitative estimate of drug-likeness (QED) is 0.884. The van der Waals surface area contributed by atoms with Gasteiger partial charge in [0, 0.05) is 11.5 Å². The summed E-state index contributed by atoms with van der Waals surface area (Å²) in [6, 6.07) is 3.53. The van der Waals surface area contributed by atoms with Crippen molar-refractivity contribution in [1.82, 2.24) is 14.8 Å². The Kier molecular flexibility index (Phi) is 3.33. The summed E-state index contributed by atoms with van der Waals surface area (Å²) in [5.74, 6) is 0.142. The minimum Gasteiger partial charge on any atom is -0.396 e. The molecule has 0 spiro atoms. The molecule has 1 amide bonds. The minimum absolute atomic E-state index is 0.317. The summed E-state index contributed by atoms with van der Waals surface area (Å²) in [7, 11) is 1.66. The number of aromatic nitrogens is 3. The van der Waals surface area contributed by atoms with Crippen molar-refractivity contribution in [3.63, 3.8) is 0 Å². The van der Waals surface area contributed by atoms with E-state index >= 15 is 0 Å². The van der Waals surface area contributed by atoms with Crippen LogP contribution in [0.5, 0.6) is 0 Å². The molecule has 0 aliphatic carbocycles. The number of hydrogen-bond acceptors (Lipinski definition) is 4. The Morgan fingerprint density at radius 2 is 2.22 bits per heavy atom. The van der Waals surface area contributed by atoms with Gasteiger partial charge in [-0.05, 0) is 35.0 Å². The number of amides is 1. The van der Waals surface area contributed by atoms with Gasteiger partial charge in [-0.2, -0.15) is 5.10 Å². The van der Waals surface area contributed by atoms with Crippen LogP contribution in [0.25, 0.3) is 0 Å². The molecule has 6 nitrogen and oxygen atoms in total. The number of hydrogen-bond donors (Lipinski definition) is 2. The van der Waals surface area contributed by atoms with Crippen LogP contribution in [-0.4, -0.2) is 20.7 Å². The highest BCUT2D eigenvalue weighted by molar-refractivity contribution is 9.10. The lowest BCUT2D eigenvalue weighted by Crippen LogP contribution is -2.18. The summed E-state index contributed by atoms with van der Waals surface area (Å²) >= 11 is 3.35. The standard InChI is InChI=1S/C11H12BrN5O/c1-6-7(12)3-4-9(15-6)16-11(18)10-8(13)5-14-17(10)2/h3-5H,13H2,1-2H3,(H,15,16,18). The average Bonchev–Trinajstić information content (AvgIpc) is 2.64. The molecule has 18 heavy (non-hydrogen) atoms. The molecule has 0 saturated carbocycles.